The molecule has 0 radical (unpaired) electrons. The maximum atomic E-state index is 13.0. The molecular weight excluding hydrogens is 1210 g/mol. The van der Waals surface area contributed by atoms with Crippen LogP contribution in [0.2, 0.25) is 0 Å². The van der Waals surface area contributed by atoms with Gasteiger partial charge in [-0.15, -0.1) is 10.2 Å². The predicted octanol–water partition coefficient (Wildman–Crippen LogP) is 11.2. The number of nitrogens with one attached hydrogen (secondary N) is 2. The van der Waals surface area contributed by atoms with Gasteiger partial charge in [-0.25, -0.2) is 18.6 Å². The molecule has 5 aliphatic rings. The molecule has 24 heteroatoms. The van der Waals surface area contributed by atoms with Gasteiger partial charge < -0.3 is 58.8 Å². The van der Waals surface area contributed by atoms with Gasteiger partial charge in [0.2, 0.25) is 11.9 Å². The van der Waals surface area contributed by atoms with Gasteiger partial charge in [-0.2, -0.15) is 9.97 Å². The lowest BCUT2D eigenvalue weighted by Gasteiger charge is -2.35. The van der Waals surface area contributed by atoms with Crippen LogP contribution in [0.1, 0.15) is 134 Å². The lowest BCUT2D eigenvalue weighted by Crippen LogP contribution is -2.44. The molecule has 0 saturated carbocycles. The van der Waals surface area contributed by atoms with E-state index in [1.165, 1.54) is 0 Å². The third-order valence-electron chi connectivity index (χ3n) is 17.2. The molecule has 0 atom stereocenters. The molecule has 5 aliphatic heterocycles. The van der Waals surface area contributed by atoms with Gasteiger partial charge >= 0.3 is 19.3 Å². The van der Waals surface area contributed by atoms with Crippen molar-refractivity contribution in [2.45, 2.75) is 142 Å². The number of ether oxygens (including phenoxy) is 2. The molecular formula is C66H90BBrN14O8. The first kappa shape index (κ1) is 67.0. The third-order valence-corrected chi connectivity index (χ3v) is 17.8. The highest BCUT2D eigenvalue weighted by Gasteiger charge is 2.52. The first-order valence-electron chi connectivity index (χ1n) is 31.2. The van der Waals surface area contributed by atoms with Gasteiger partial charge in [-0.3, -0.25) is 9.59 Å². The van der Waals surface area contributed by atoms with Crippen molar-refractivity contribution in [2.75, 3.05) is 91.2 Å². The number of fused-ring (bicyclic) bond motifs is 2. The minimum Gasteiger partial charge on any atom is -0.444 e. The Balaban J connectivity index is 0.000000168. The van der Waals surface area contributed by atoms with Crippen LogP contribution in [0.25, 0.3) is 16.9 Å². The second-order valence-electron chi connectivity index (χ2n) is 26.9. The molecule has 2 N–H and O–H groups in total. The molecule has 22 nitrogen and oxygen atoms in total. The van der Waals surface area contributed by atoms with Crippen LogP contribution < -0.4 is 10.6 Å². The fourth-order valence-corrected chi connectivity index (χ4v) is 11.5. The number of benzene rings is 2. The fraction of sp³-hybridized carbons (Fsp3) is 0.515. The molecule has 90 heavy (non-hydrogen) atoms. The Morgan fingerprint density at radius 3 is 1.43 bits per heavy atom. The number of hydrogen-bond donors (Lipinski definition) is 2. The van der Waals surface area contributed by atoms with Crippen molar-refractivity contribution in [3.63, 3.8) is 0 Å². The number of amides is 4. The normalized spacial score (nSPS) is 18.4. The van der Waals surface area contributed by atoms with E-state index in [1.807, 2.05) is 184 Å². The summed E-state index contributed by atoms with van der Waals surface area (Å²) >= 11 is 3.47. The van der Waals surface area contributed by atoms with E-state index in [-0.39, 0.29) is 48.4 Å². The maximum Gasteiger partial charge on any atom is 0.490 e. The highest BCUT2D eigenvalue weighted by Crippen LogP contribution is 2.40. The summed E-state index contributed by atoms with van der Waals surface area (Å²) in [6.07, 6.45) is 12.7. The second-order valence-corrected chi connectivity index (χ2v) is 27.8. The van der Waals surface area contributed by atoms with E-state index in [0.29, 0.717) is 61.7 Å². The summed E-state index contributed by atoms with van der Waals surface area (Å²) < 4.78 is 27.4. The first-order valence-corrected chi connectivity index (χ1v) is 32.0. The van der Waals surface area contributed by atoms with E-state index >= 15 is 0 Å². The van der Waals surface area contributed by atoms with Crippen molar-refractivity contribution >= 4 is 87.2 Å². The molecule has 4 amide bonds. The first-order chi connectivity index (χ1) is 42.5. The molecule has 2 aromatic carbocycles. The summed E-state index contributed by atoms with van der Waals surface area (Å²) in [5, 5.41) is 15.5. The van der Waals surface area contributed by atoms with Crippen LogP contribution >= 0.6 is 15.9 Å². The largest absolute Gasteiger partial charge is 0.490 e. The van der Waals surface area contributed by atoms with Crippen molar-refractivity contribution in [2.24, 2.45) is 0 Å². The SMILES string of the molecule is CC(C)(C)OC(=O)N1CC=C(B2OC(C)(C)C(C)(C)O2)CC1.CN1CCC(N(C)C(=O)c2ccc(Nc3nc4c(Br)cccn4n3)cc2)CC1.CN1CCC(N(C)C(=O)c2ccc(Nc3nc4c(C5=CCN(C(=O)OC(C)(C)C)CC5)cccn4n3)cc2)CC1. The minimum absolute atomic E-state index is 0.0441. The lowest BCUT2D eigenvalue weighted by atomic mass is 9.75. The van der Waals surface area contributed by atoms with Crippen LogP contribution in [-0.4, -0.2) is 205 Å². The molecule has 482 valence electrons. The van der Waals surface area contributed by atoms with E-state index < -0.39 is 11.2 Å². The Hall–Kier alpha value is -7.38. The molecule has 0 unspecified atom stereocenters. The molecule has 0 aliphatic carbocycles. The average molecular weight is 1300 g/mol. The van der Waals surface area contributed by atoms with Gasteiger partial charge in [0.15, 0.2) is 11.3 Å². The van der Waals surface area contributed by atoms with Crippen molar-refractivity contribution in [1.82, 2.24) is 58.6 Å². The molecule has 3 fully saturated rings. The van der Waals surface area contributed by atoms with E-state index in [4.69, 9.17) is 23.8 Å². The number of anilines is 4. The van der Waals surface area contributed by atoms with Gasteiger partial charge in [0.05, 0.1) is 15.7 Å². The number of aromatic nitrogens is 6. The van der Waals surface area contributed by atoms with Crippen LogP contribution in [0.15, 0.2) is 107 Å². The zero-order chi connectivity index (χ0) is 64.9. The Labute approximate surface area is 538 Å². The number of hydrogen-bond acceptors (Lipinski definition) is 16. The van der Waals surface area contributed by atoms with Crippen LogP contribution in [0, 0.1) is 0 Å². The van der Waals surface area contributed by atoms with Crippen LogP contribution in [0.3, 0.4) is 0 Å². The Kier molecular flexibility index (Phi) is 20.9. The highest BCUT2D eigenvalue weighted by molar-refractivity contribution is 9.10. The zero-order valence-corrected chi connectivity index (χ0v) is 56.5. The molecule has 0 spiro atoms. The Morgan fingerprint density at radius 1 is 0.600 bits per heavy atom. The summed E-state index contributed by atoms with van der Waals surface area (Å²) in [5.74, 6) is 1.09. The standard InChI is InChI=1S/C30H39N7O3.C20H23BrN6O.C16H28BNO4/c1-30(2,3)40-29(39)36-19-12-21(13-20-36)25-7-6-16-37-26(25)32-28(33-37)31-23-10-8-22(9-11-23)27(38)35(5)24-14-17-34(4)18-15-24;1-25-12-9-16(10-13-25)26(2)19(28)14-5-7-15(8-6-14)22-20-23-18-17(21)4-3-11-27(18)24-20;1-14(2,3)20-13(19)18-10-8-12(9-11-18)17-21-15(4,5)16(6,7)22-17/h6-12,16,24H,13-15,17-20H2,1-5H3,(H,31,33);3-8,11,16H,9-10,12-13H2,1-2H3,(H,22,24);8H,9-11H2,1-7H3. The Bertz CT molecular complexity index is 3540. The van der Waals surface area contributed by atoms with Crippen molar-refractivity contribution < 1.29 is 38.0 Å². The van der Waals surface area contributed by atoms with E-state index in [9.17, 15) is 19.2 Å². The molecule has 3 saturated heterocycles. The van der Waals surface area contributed by atoms with Gasteiger partial charge in [0.1, 0.15) is 11.2 Å². The van der Waals surface area contributed by atoms with Crippen LogP contribution in [-0.2, 0) is 18.8 Å². The van der Waals surface area contributed by atoms with Crippen molar-refractivity contribution in [1.29, 1.82) is 0 Å². The summed E-state index contributed by atoms with van der Waals surface area (Å²) in [6.45, 7) is 25.8. The van der Waals surface area contributed by atoms with Crippen molar-refractivity contribution in [3.05, 3.63) is 124 Å². The topological polar surface area (TPSA) is 209 Å². The number of halogens is 1. The van der Waals surface area contributed by atoms with Crippen molar-refractivity contribution in [3.8, 4) is 0 Å². The van der Waals surface area contributed by atoms with E-state index in [0.717, 1.165) is 102 Å². The van der Waals surface area contributed by atoms with Gasteiger partial charge in [-0.05, 0) is 248 Å². The van der Waals surface area contributed by atoms with Crippen LogP contribution in [0.4, 0.5) is 32.9 Å². The number of pyridine rings is 2. The monoisotopic (exact) mass is 1300 g/mol. The van der Waals surface area contributed by atoms with Gasteiger partial charge in [0, 0.05) is 92.8 Å². The number of carbonyl (C=O) groups is 4. The molecule has 6 aromatic rings. The molecule has 9 heterocycles. The number of rotatable bonds is 10. The zero-order valence-electron chi connectivity index (χ0n) is 54.9. The number of likely N-dealkylation sites (tertiary alicyclic amines) is 2. The number of piperidine rings is 2. The molecule has 11 rings (SSSR count). The third kappa shape index (κ3) is 17.0. The summed E-state index contributed by atoms with van der Waals surface area (Å²) in [5.41, 5.74) is 6.07. The minimum atomic E-state index is -0.518. The maximum absolute atomic E-state index is 13.0. The van der Waals surface area contributed by atoms with Gasteiger partial charge in [0.25, 0.3) is 11.8 Å². The highest BCUT2D eigenvalue weighted by atomic mass is 79.9. The summed E-state index contributed by atoms with van der Waals surface area (Å²) in [7, 11) is 7.74. The summed E-state index contributed by atoms with van der Waals surface area (Å²) in [6, 6.07) is 23.3. The number of nitrogens with zero attached hydrogens (tertiary/aromatic N) is 12. The smallest absolute Gasteiger partial charge is 0.444 e. The quantitative estimate of drug-likeness (QED) is 0.122. The summed E-state index contributed by atoms with van der Waals surface area (Å²) in [4.78, 5) is 71.4. The van der Waals surface area contributed by atoms with E-state index in [1.54, 1.807) is 18.8 Å². The predicted molar refractivity (Wildman–Crippen MR) is 355 cm³/mol. The van der Waals surface area contributed by atoms with Crippen LogP contribution in [0.5, 0.6) is 0 Å². The van der Waals surface area contributed by atoms with E-state index in [2.05, 4.69) is 71.7 Å². The van der Waals surface area contributed by atoms with Gasteiger partial charge in [-0.1, -0.05) is 12.2 Å². The second kappa shape index (κ2) is 28.0. The lowest BCUT2D eigenvalue weighted by molar-refractivity contribution is 0.00578. The number of carbonyl (C=O) groups excluding carboxylic acids is 4. The molecule has 0 bridgehead atoms. The average Bonchev–Trinajstić information content (AvgIpc) is 1.74. The fourth-order valence-electron chi connectivity index (χ4n) is 11.1. The molecule has 4 aromatic heterocycles. The Morgan fingerprint density at radius 2 is 1.02 bits per heavy atom.